The lowest BCUT2D eigenvalue weighted by Crippen LogP contribution is -2.50. The van der Waals surface area contributed by atoms with Gasteiger partial charge in [-0.1, -0.05) is 31.2 Å². The van der Waals surface area contributed by atoms with E-state index in [9.17, 15) is 9.59 Å². The summed E-state index contributed by atoms with van der Waals surface area (Å²) in [7, 11) is 0. The van der Waals surface area contributed by atoms with Crippen molar-refractivity contribution in [1.29, 1.82) is 0 Å². The number of fused-ring (bicyclic) bond motifs is 1. The number of carbonyl (C=O) groups is 2. The molecule has 3 heterocycles. The van der Waals surface area contributed by atoms with Crippen molar-refractivity contribution in [3.05, 3.63) is 47.2 Å². The average molecular weight is 525 g/mol. The Morgan fingerprint density at radius 2 is 1.76 bits per heavy atom. The van der Waals surface area contributed by atoms with Crippen molar-refractivity contribution in [1.82, 2.24) is 19.8 Å². The molecule has 10 nitrogen and oxygen atoms in total. The van der Waals surface area contributed by atoms with Crippen molar-refractivity contribution < 1.29 is 19.1 Å². The number of carbonyl (C=O) groups excluding carboxylic acids is 2. The summed E-state index contributed by atoms with van der Waals surface area (Å²) >= 11 is 0. The number of nitrogens with zero attached hydrogens (tertiary/aromatic N) is 5. The van der Waals surface area contributed by atoms with Crippen molar-refractivity contribution >= 4 is 24.0 Å². The molecular formula is C28H40N6O4. The number of anilines is 2. The van der Waals surface area contributed by atoms with Crippen LogP contribution in [0, 0.1) is 0 Å². The van der Waals surface area contributed by atoms with Crippen LogP contribution in [0.25, 0.3) is 0 Å². The highest BCUT2D eigenvalue weighted by molar-refractivity contribution is 5.89. The number of hydrogen-bond acceptors (Lipinski definition) is 8. The first kappa shape index (κ1) is 27.6. The highest BCUT2D eigenvalue weighted by Gasteiger charge is 2.29. The van der Waals surface area contributed by atoms with E-state index in [1.807, 2.05) is 27.7 Å². The molecule has 2 aliphatic heterocycles. The van der Waals surface area contributed by atoms with Gasteiger partial charge in [0.15, 0.2) is 0 Å². The average Bonchev–Trinajstić information content (AvgIpc) is 2.89. The van der Waals surface area contributed by atoms with Gasteiger partial charge in [0.1, 0.15) is 18.0 Å². The number of benzene rings is 1. The number of rotatable bonds is 7. The van der Waals surface area contributed by atoms with Crippen LogP contribution in [0.4, 0.5) is 21.4 Å². The topological polar surface area (TPSA) is 100 Å². The van der Waals surface area contributed by atoms with Crippen molar-refractivity contribution in [3.8, 4) is 0 Å². The molecule has 2 amide bonds. The Kier molecular flexibility index (Phi) is 8.40. The third-order valence-electron chi connectivity index (χ3n) is 6.95. The molecule has 0 bridgehead atoms. The summed E-state index contributed by atoms with van der Waals surface area (Å²) < 4.78 is 10.7. The van der Waals surface area contributed by atoms with Gasteiger partial charge in [-0.3, -0.25) is 9.80 Å². The van der Waals surface area contributed by atoms with Crippen LogP contribution in [0.5, 0.6) is 0 Å². The fourth-order valence-electron chi connectivity index (χ4n) is 4.92. The first-order valence-electron chi connectivity index (χ1n) is 13.5. The lowest BCUT2D eigenvalue weighted by atomic mass is 9.98. The van der Waals surface area contributed by atoms with E-state index in [2.05, 4.69) is 58.3 Å². The molecule has 2 aliphatic rings. The maximum Gasteiger partial charge on any atom is 0.415 e. The number of amides is 2. The molecule has 38 heavy (non-hydrogen) atoms. The fraction of sp³-hybridized carbons (Fsp3) is 0.571. The molecule has 0 spiro atoms. The van der Waals surface area contributed by atoms with Crippen LogP contribution in [0.3, 0.4) is 0 Å². The predicted molar refractivity (Wildman–Crippen MR) is 146 cm³/mol. The molecule has 1 fully saturated rings. The van der Waals surface area contributed by atoms with Crippen LogP contribution in [0.2, 0.25) is 0 Å². The molecule has 0 unspecified atom stereocenters. The number of hydrogen-bond donors (Lipinski definition) is 1. The molecule has 4 rings (SSSR count). The van der Waals surface area contributed by atoms with Crippen molar-refractivity contribution in [2.24, 2.45) is 0 Å². The Morgan fingerprint density at radius 3 is 2.37 bits per heavy atom. The summed E-state index contributed by atoms with van der Waals surface area (Å²) in [4.78, 5) is 39.3. The lowest BCUT2D eigenvalue weighted by molar-refractivity contribution is 0.00997. The predicted octanol–water partition coefficient (Wildman–Crippen LogP) is 5.13. The van der Waals surface area contributed by atoms with E-state index in [-0.39, 0.29) is 30.9 Å². The van der Waals surface area contributed by atoms with E-state index in [0.29, 0.717) is 31.4 Å². The Labute approximate surface area is 225 Å². The van der Waals surface area contributed by atoms with Crippen LogP contribution >= 0.6 is 0 Å². The minimum Gasteiger partial charge on any atom is -0.444 e. The largest absolute Gasteiger partial charge is 0.444 e. The zero-order valence-corrected chi connectivity index (χ0v) is 23.4. The molecule has 0 aliphatic carbocycles. The summed E-state index contributed by atoms with van der Waals surface area (Å²) in [5, 5.41) is 3.36. The fourth-order valence-corrected chi connectivity index (χ4v) is 4.92. The Balaban J connectivity index is 1.37. The molecule has 2 aromatic rings. The zero-order chi connectivity index (χ0) is 27.4. The minimum atomic E-state index is -0.482. The van der Waals surface area contributed by atoms with Gasteiger partial charge in [-0.2, -0.15) is 4.98 Å². The van der Waals surface area contributed by atoms with Crippen molar-refractivity contribution in [2.45, 2.75) is 72.3 Å². The molecule has 2 atom stereocenters. The summed E-state index contributed by atoms with van der Waals surface area (Å²) in [6, 6.07) is 8.91. The maximum absolute atomic E-state index is 12.4. The number of nitrogens with one attached hydrogen (secondary N) is 1. The van der Waals surface area contributed by atoms with Crippen LogP contribution in [-0.2, 0) is 16.1 Å². The van der Waals surface area contributed by atoms with Crippen molar-refractivity contribution in [3.63, 3.8) is 0 Å². The van der Waals surface area contributed by atoms with Gasteiger partial charge in [-0.05, 0) is 52.2 Å². The number of piperazine rings is 1. The van der Waals surface area contributed by atoms with Gasteiger partial charge in [-0.25, -0.2) is 14.6 Å². The molecular weight excluding hydrogens is 484 g/mol. The van der Waals surface area contributed by atoms with Crippen LogP contribution < -0.4 is 10.2 Å². The van der Waals surface area contributed by atoms with E-state index in [4.69, 9.17) is 9.47 Å². The highest BCUT2D eigenvalue weighted by atomic mass is 16.6. The SMILES string of the molecule is CC[C@H](c1ccc([C@H](C)Nc2ncc3c(n2)N(CC)C(=O)OC3)cc1)N1CCN(C(=O)OC(C)(C)C)CC1. The quantitative estimate of drug-likeness (QED) is 0.532. The van der Waals surface area contributed by atoms with E-state index in [1.54, 1.807) is 11.1 Å². The molecule has 10 heteroatoms. The molecule has 1 aromatic carbocycles. The monoisotopic (exact) mass is 524 g/mol. The molecule has 1 aromatic heterocycles. The Hall–Kier alpha value is -3.40. The van der Waals surface area contributed by atoms with Crippen molar-refractivity contribution in [2.75, 3.05) is 42.9 Å². The molecule has 0 saturated carbocycles. The zero-order valence-electron chi connectivity index (χ0n) is 23.4. The third-order valence-corrected chi connectivity index (χ3v) is 6.95. The highest BCUT2D eigenvalue weighted by Crippen LogP contribution is 2.29. The second kappa shape index (κ2) is 11.6. The smallest absolute Gasteiger partial charge is 0.415 e. The Bertz CT molecular complexity index is 1130. The summed E-state index contributed by atoms with van der Waals surface area (Å²) in [5.74, 6) is 1.07. The van der Waals surface area contributed by atoms with E-state index in [1.165, 1.54) is 10.5 Å². The number of aromatic nitrogens is 2. The normalized spacial score (nSPS) is 17.9. The Morgan fingerprint density at radius 1 is 1.11 bits per heavy atom. The summed E-state index contributed by atoms with van der Waals surface area (Å²) in [6.45, 7) is 15.5. The van der Waals surface area contributed by atoms with Gasteiger partial charge < -0.3 is 19.7 Å². The van der Waals surface area contributed by atoms with Crippen LogP contribution in [0.1, 0.15) is 76.7 Å². The van der Waals surface area contributed by atoms with Gasteiger partial charge in [0.2, 0.25) is 5.95 Å². The van der Waals surface area contributed by atoms with Gasteiger partial charge in [0.25, 0.3) is 0 Å². The molecule has 1 saturated heterocycles. The second-order valence-electron chi connectivity index (χ2n) is 10.8. The first-order valence-corrected chi connectivity index (χ1v) is 13.5. The summed E-state index contributed by atoms with van der Waals surface area (Å²) in [5.41, 5.74) is 2.69. The standard InChI is InChI=1S/C28H40N6O4/c1-7-23(32-13-15-33(16-14-32)26(35)38-28(4,5)6)21-11-9-20(10-12-21)19(3)30-25-29-17-22-18-37-27(36)34(8-2)24(22)31-25/h9-12,17,19,23H,7-8,13-16,18H2,1-6H3,(H,29,30,31)/t19-,23+/m0/s1. The number of cyclic esters (lactones) is 1. The second-order valence-corrected chi connectivity index (χ2v) is 10.8. The van der Waals surface area contributed by atoms with E-state index >= 15 is 0 Å². The van der Waals surface area contributed by atoms with E-state index in [0.717, 1.165) is 30.6 Å². The molecule has 0 radical (unpaired) electrons. The van der Waals surface area contributed by atoms with E-state index < -0.39 is 5.60 Å². The first-order chi connectivity index (χ1) is 18.1. The van der Waals surface area contributed by atoms with Gasteiger partial charge in [0.05, 0.1) is 11.6 Å². The molecule has 1 N–H and O–H groups in total. The van der Waals surface area contributed by atoms with Gasteiger partial charge >= 0.3 is 12.2 Å². The van der Waals surface area contributed by atoms with Crippen LogP contribution in [0.15, 0.2) is 30.5 Å². The van der Waals surface area contributed by atoms with Crippen LogP contribution in [-0.4, -0.2) is 70.3 Å². The summed E-state index contributed by atoms with van der Waals surface area (Å²) in [6.07, 6.45) is 2.08. The molecule has 206 valence electrons. The maximum atomic E-state index is 12.4. The number of ether oxygens (including phenoxy) is 2. The minimum absolute atomic E-state index is 0.0230. The third kappa shape index (κ3) is 6.35. The van der Waals surface area contributed by atoms with Gasteiger partial charge in [-0.15, -0.1) is 0 Å². The van der Waals surface area contributed by atoms with Gasteiger partial charge in [0, 0.05) is 45.0 Å². The lowest BCUT2D eigenvalue weighted by Gasteiger charge is -2.39.